The zero-order valence-corrected chi connectivity index (χ0v) is 5.77. The van der Waals surface area contributed by atoms with Crippen molar-refractivity contribution in [3.63, 3.8) is 0 Å². The van der Waals surface area contributed by atoms with Crippen molar-refractivity contribution >= 4 is 0 Å². The second kappa shape index (κ2) is 3.02. The molecule has 1 aliphatic carbocycles. The Kier molecular flexibility index (Phi) is 2.29. The lowest BCUT2D eigenvalue weighted by Crippen LogP contribution is -2.17. The van der Waals surface area contributed by atoms with Crippen LogP contribution in [-0.4, -0.2) is 6.04 Å². The maximum Gasteiger partial charge on any atom is 0.0213 e. The summed E-state index contributed by atoms with van der Waals surface area (Å²) in [5.41, 5.74) is 7.40. The highest BCUT2D eigenvalue weighted by Crippen LogP contribution is 2.23. The van der Waals surface area contributed by atoms with E-state index in [-0.39, 0.29) is 6.04 Å². The van der Waals surface area contributed by atoms with Crippen molar-refractivity contribution in [2.75, 3.05) is 0 Å². The van der Waals surface area contributed by atoms with Crippen LogP contribution in [0.3, 0.4) is 0 Å². The summed E-state index contributed by atoms with van der Waals surface area (Å²) >= 11 is 0. The first-order chi connectivity index (χ1) is 4.33. The standard InChI is InChI=1S/C8H14N/c1-2-7-3-5-8(9)6-4-7/h2,7-9H,1,3-6H2. The lowest BCUT2D eigenvalue weighted by atomic mass is 9.87. The van der Waals surface area contributed by atoms with Gasteiger partial charge in [-0.25, -0.2) is 0 Å². The highest BCUT2D eigenvalue weighted by atomic mass is 14.6. The second-order valence-corrected chi connectivity index (χ2v) is 2.85. The van der Waals surface area contributed by atoms with Crippen LogP contribution in [0.1, 0.15) is 25.7 Å². The molecule has 9 heavy (non-hydrogen) atoms. The molecule has 51 valence electrons. The van der Waals surface area contributed by atoms with Crippen LogP contribution in [-0.2, 0) is 0 Å². The highest BCUT2D eigenvalue weighted by Gasteiger charge is 2.15. The lowest BCUT2D eigenvalue weighted by molar-refractivity contribution is 0.369. The van der Waals surface area contributed by atoms with Crippen LogP contribution in [0.2, 0.25) is 0 Å². The number of rotatable bonds is 1. The molecule has 1 N–H and O–H groups in total. The number of hydrogen-bond acceptors (Lipinski definition) is 0. The zero-order valence-electron chi connectivity index (χ0n) is 5.77. The van der Waals surface area contributed by atoms with E-state index >= 15 is 0 Å². The first-order valence-electron chi connectivity index (χ1n) is 3.66. The van der Waals surface area contributed by atoms with E-state index in [1.165, 1.54) is 12.8 Å². The maximum atomic E-state index is 7.40. The van der Waals surface area contributed by atoms with Gasteiger partial charge in [-0.05, 0) is 31.6 Å². The van der Waals surface area contributed by atoms with Crippen LogP contribution in [0, 0.1) is 5.92 Å². The number of allylic oxidation sites excluding steroid dienone is 1. The van der Waals surface area contributed by atoms with Gasteiger partial charge in [0.05, 0.1) is 0 Å². The molecule has 1 nitrogen and oxygen atoms in total. The minimum atomic E-state index is 0.223. The van der Waals surface area contributed by atoms with Crippen LogP contribution in [0.4, 0.5) is 0 Å². The summed E-state index contributed by atoms with van der Waals surface area (Å²) in [4.78, 5) is 0. The maximum absolute atomic E-state index is 7.40. The summed E-state index contributed by atoms with van der Waals surface area (Å²) in [5, 5.41) is 0. The Bertz CT molecular complexity index is 90.7. The third-order valence-electron chi connectivity index (χ3n) is 2.11. The van der Waals surface area contributed by atoms with E-state index in [9.17, 15) is 0 Å². The van der Waals surface area contributed by atoms with Crippen LogP contribution in [0.15, 0.2) is 12.7 Å². The van der Waals surface area contributed by atoms with Gasteiger partial charge in [0, 0.05) is 6.04 Å². The van der Waals surface area contributed by atoms with Crippen molar-refractivity contribution in [3.05, 3.63) is 12.7 Å². The van der Waals surface area contributed by atoms with E-state index in [0.717, 1.165) is 12.8 Å². The van der Waals surface area contributed by atoms with Crippen molar-refractivity contribution in [1.29, 1.82) is 0 Å². The highest BCUT2D eigenvalue weighted by molar-refractivity contribution is 4.84. The molecule has 1 rings (SSSR count). The van der Waals surface area contributed by atoms with E-state index in [2.05, 4.69) is 6.58 Å². The van der Waals surface area contributed by atoms with Crippen molar-refractivity contribution < 1.29 is 0 Å². The van der Waals surface area contributed by atoms with E-state index in [1.807, 2.05) is 6.08 Å². The average molecular weight is 124 g/mol. The minimum absolute atomic E-state index is 0.223. The van der Waals surface area contributed by atoms with Gasteiger partial charge in [-0.15, -0.1) is 6.58 Å². The third kappa shape index (κ3) is 1.83. The molecule has 0 aliphatic heterocycles. The summed E-state index contributed by atoms with van der Waals surface area (Å²) in [6.45, 7) is 3.75. The van der Waals surface area contributed by atoms with Gasteiger partial charge in [0.1, 0.15) is 0 Å². The molecule has 1 saturated carbocycles. The van der Waals surface area contributed by atoms with Crippen molar-refractivity contribution in [3.8, 4) is 0 Å². The van der Waals surface area contributed by atoms with Crippen molar-refractivity contribution in [2.24, 2.45) is 5.92 Å². The van der Waals surface area contributed by atoms with Crippen molar-refractivity contribution in [2.45, 2.75) is 31.7 Å². The minimum Gasteiger partial charge on any atom is -0.255 e. The fourth-order valence-corrected chi connectivity index (χ4v) is 1.35. The Balaban J connectivity index is 2.26. The molecule has 0 saturated heterocycles. The Morgan fingerprint density at radius 2 is 1.78 bits per heavy atom. The second-order valence-electron chi connectivity index (χ2n) is 2.85. The van der Waals surface area contributed by atoms with Crippen molar-refractivity contribution in [1.82, 2.24) is 5.73 Å². The molecule has 0 aromatic heterocycles. The Morgan fingerprint density at radius 1 is 1.22 bits per heavy atom. The number of hydrogen-bond donors (Lipinski definition) is 0. The summed E-state index contributed by atoms with van der Waals surface area (Å²) in [6, 6.07) is 0.223. The van der Waals surface area contributed by atoms with Gasteiger partial charge in [0.15, 0.2) is 0 Å². The monoisotopic (exact) mass is 124 g/mol. The molecule has 0 spiro atoms. The molecule has 0 aromatic rings. The van der Waals surface area contributed by atoms with Crippen LogP contribution in [0.5, 0.6) is 0 Å². The fourth-order valence-electron chi connectivity index (χ4n) is 1.35. The largest absolute Gasteiger partial charge is 0.255 e. The Labute approximate surface area is 56.9 Å². The summed E-state index contributed by atoms with van der Waals surface area (Å²) in [6.07, 6.45) is 6.58. The Hall–Kier alpha value is -0.300. The molecule has 1 aliphatic rings. The van der Waals surface area contributed by atoms with Gasteiger partial charge in [-0.1, -0.05) is 6.08 Å². The number of nitrogens with one attached hydrogen (secondary N) is 1. The Morgan fingerprint density at radius 3 is 2.22 bits per heavy atom. The molecule has 1 heteroatoms. The fraction of sp³-hybridized carbons (Fsp3) is 0.750. The molecule has 1 radical (unpaired) electrons. The quantitative estimate of drug-likeness (QED) is 0.477. The van der Waals surface area contributed by atoms with E-state index < -0.39 is 0 Å². The van der Waals surface area contributed by atoms with Gasteiger partial charge in [-0.3, -0.25) is 5.73 Å². The first kappa shape index (κ1) is 6.81. The predicted molar refractivity (Wildman–Crippen MR) is 39.0 cm³/mol. The molecule has 1 fully saturated rings. The molecule has 0 bridgehead atoms. The van der Waals surface area contributed by atoms with Gasteiger partial charge in [0.25, 0.3) is 0 Å². The van der Waals surface area contributed by atoms with Crippen LogP contribution >= 0.6 is 0 Å². The molecule has 0 heterocycles. The molecule has 0 atom stereocenters. The van der Waals surface area contributed by atoms with E-state index in [0.29, 0.717) is 5.92 Å². The van der Waals surface area contributed by atoms with Crippen LogP contribution in [0.25, 0.3) is 0 Å². The summed E-state index contributed by atoms with van der Waals surface area (Å²) in [5.74, 6) is 0.714. The summed E-state index contributed by atoms with van der Waals surface area (Å²) < 4.78 is 0. The molecule has 0 aromatic carbocycles. The first-order valence-corrected chi connectivity index (χ1v) is 3.66. The average Bonchev–Trinajstić information content (AvgIpc) is 1.90. The molecular formula is C8H14N. The molecule has 0 unspecified atom stereocenters. The topological polar surface area (TPSA) is 23.8 Å². The van der Waals surface area contributed by atoms with Crippen LogP contribution < -0.4 is 5.73 Å². The molecule has 0 amide bonds. The normalized spacial score (nSPS) is 36.1. The zero-order chi connectivity index (χ0) is 6.69. The third-order valence-corrected chi connectivity index (χ3v) is 2.11. The smallest absolute Gasteiger partial charge is 0.0213 e. The predicted octanol–water partition coefficient (Wildman–Crippen LogP) is 2.01. The summed E-state index contributed by atoms with van der Waals surface area (Å²) in [7, 11) is 0. The van der Waals surface area contributed by atoms with E-state index in [4.69, 9.17) is 5.73 Å². The van der Waals surface area contributed by atoms with Gasteiger partial charge >= 0.3 is 0 Å². The SMILES string of the molecule is C=CC1CCC([NH])CC1. The van der Waals surface area contributed by atoms with Gasteiger partial charge in [0.2, 0.25) is 0 Å². The molecular weight excluding hydrogens is 110 g/mol. The lowest BCUT2D eigenvalue weighted by Gasteiger charge is -2.22. The van der Waals surface area contributed by atoms with Gasteiger partial charge < -0.3 is 0 Å². The van der Waals surface area contributed by atoms with Gasteiger partial charge in [-0.2, -0.15) is 0 Å². The van der Waals surface area contributed by atoms with E-state index in [1.54, 1.807) is 0 Å².